The summed E-state index contributed by atoms with van der Waals surface area (Å²) in [5.74, 6) is 0. The fraction of sp³-hybridized carbons (Fsp3) is 1.00. The molecule has 5 atom stereocenters. The van der Waals surface area contributed by atoms with Crippen molar-refractivity contribution in [1.82, 2.24) is 0 Å². The standard InChI is InChI=1S/C15H30N5O5.2ClH.Mn.4H2/c21-6-11-1-16-12(7-22)2-18-14(9-24)4-20-15(10-25)5-19-13(8-23)3-17-11;;;;;;;/h11-15,21-25H,1-10H2;2*1H;;4*1H/q-5;;;+2;;;;/p-2/t11-,12-,13+,14+,15-;;;;;;;/m1......./s1. The Bertz CT molecular complexity index is 286. The van der Waals surface area contributed by atoms with Crippen molar-refractivity contribution in [3.05, 3.63) is 26.6 Å². The van der Waals surface area contributed by atoms with Gasteiger partial charge in [0.05, 0.1) is 0 Å². The predicted octanol–water partition coefficient (Wildman–Crippen LogP) is 1.03. The molecule has 1 rings (SSSR count). The molecule has 0 aromatic rings. The quantitative estimate of drug-likeness (QED) is 0.359. The molecule has 5 N–H and O–H groups in total. The average Bonchev–Trinajstić information content (AvgIpc) is 2.72. The third-order valence-corrected chi connectivity index (χ3v) is 3.93. The van der Waals surface area contributed by atoms with Gasteiger partial charge in [0.1, 0.15) is 0 Å². The summed E-state index contributed by atoms with van der Waals surface area (Å²) in [6.45, 7) is 0.246. The van der Waals surface area contributed by atoms with Crippen molar-refractivity contribution in [3.8, 4) is 0 Å². The van der Waals surface area contributed by atoms with Gasteiger partial charge in [-0.25, -0.2) is 0 Å². The summed E-state index contributed by atoms with van der Waals surface area (Å²) in [5, 5.41) is 68.6. The Morgan fingerprint density at radius 2 is 0.679 bits per heavy atom. The van der Waals surface area contributed by atoms with Crippen LogP contribution in [0.3, 0.4) is 0 Å². The monoisotopic (exact) mass is 493 g/mol. The molecule has 0 amide bonds. The topological polar surface area (TPSA) is 172 Å². The van der Waals surface area contributed by atoms with Gasteiger partial charge in [0, 0.05) is 38.7 Å². The van der Waals surface area contributed by atoms with E-state index in [-0.39, 0.29) is 84.6 Å². The molecule has 0 radical (unpaired) electrons. The summed E-state index contributed by atoms with van der Waals surface area (Å²) in [7, 11) is 9.59. The molecule has 1 fully saturated rings. The van der Waals surface area contributed by atoms with E-state index in [1.54, 1.807) is 0 Å². The SMILES string of the molecule is OC[C@@H]1C[N-][C@@H](CO)C[N-][C@@H](CO)C[N-][C@H](CO)C[N-][C@@H](CO)C[N-]1.[Cl][Mn][Cl].[HH].[HH].[HH].[HH]. The third-order valence-electron chi connectivity index (χ3n) is 3.93. The molecule has 0 aliphatic carbocycles. The van der Waals surface area contributed by atoms with E-state index in [4.69, 9.17) is 20.2 Å². The number of rotatable bonds is 5. The fourth-order valence-corrected chi connectivity index (χ4v) is 2.22. The van der Waals surface area contributed by atoms with Crippen LogP contribution in [-0.2, 0) is 13.1 Å². The second-order valence-electron chi connectivity index (χ2n) is 6.06. The number of aliphatic hydroxyl groups excluding tert-OH is 5. The predicted molar refractivity (Wildman–Crippen MR) is 116 cm³/mol. The first-order chi connectivity index (χ1) is 13.6. The molecule has 13 heteroatoms. The maximum absolute atomic E-state index is 9.41. The smallest absolute Gasteiger partial charge is 0 e. The van der Waals surface area contributed by atoms with Gasteiger partial charge in [-0.3, -0.25) is 0 Å². The van der Waals surface area contributed by atoms with E-state index >= 15 is 0 Å². The van der Waals surface area contributed by atoms with Crippen molar-refractivity contribution in [2.24, 2.45) is 0 Å². The van der Waals surface area contributed by atoms with Crippen molar-refractivity contribution in [1.29, 1.82) is 0 Å². The van der Waals surface area contributed by atoms with Crippen LogP contribution in [0.2, 0.25) is 0 Å². The Labute approximate surface area is 187 Å². The first kappa shape index (κ1) is 28.7. The first-order valence-electron chi connectivity index (χ1n) is 8.82. The van der Waals surface area contributed by atoms with Crippen LogP contribution in [0.1, 0.15) is 5.71 Å². The second-order valence-corrected chi connectivity index (χ2v) is 8.01. The minimum Gasteiger partial charge on any atom is 0 e. The number of aliphatic hydroxyl groups is 5. The van der Waals surface area contributed by atoms with E-state index in [1.165, 1.54) is 0 Å². The van der Waals surface area contributed by atoms with Gasteiger partial charge >= 0.3 is 33.3 Å². The Morgan fingerprint density at radius 3 is 0.786 bits per heavy atom. The summed E-state index contributed by atoms with van der Waals surface area (Å²) in [6.07, 6.45) is 0. The van der Waals surface area contributed by atoms with Gasteiger partial charge in [-0.05, 0) is 0 Å². The van der Waals surface area contributed by atoms with E-state index in [0.29, 0.717) is 0 Å². The molecular formula is C15H38Cl2MnN5O5-5. The number of hydrogen-bond acceptors (Lipinski definition) is 5. The molecule has 10 nitrogen and oxygen atoms in total. The molecule has 0 saturated carbocycles. The van der Waals surface area contributed by atoms with Crippen LogP contribution in [0.4, 0.5) is 0 Å². The van der Waals surface area contributed by atoms with E-state index in [9.17, 15) is 25.5 Å². The Morgan fingerprint density at radius 1 is 0.536 bits per heavy atom. The fourth-order valence-electron chi connectivity index (χ4n) is 2.22. The number of halogens is 2. The van der Waals surface area contributed by atoms with Crippen LogP contribution in [0.15, 0.2) is 0 Å². The minimum atomic E-state index is -0.435. The minimum absolute atomic E-state index is 0. The zero-order valence-corrected chi connectivity index (χ0v) is 18.3. The maximum Gasteiger partial charge on any atom is 0 e. The van der Waals surface area contributed by atoms with Gasteiger partial charge in [-0.2, -0.15) is 32.7 Å². The Hall–Kier alpha value is 0.699. The van der Waals surface area contributed by atoms with Gasteiger partial charge in [0.15, 0.2) is 0 Å². The zero-order valence-electron chi connectivity index (χ0n) is 15.6. The van der Waals surface area contributed by atoms with Crippen LogP contribution in [0.25, 0.3) is 26.6 Å². The van der Waals surface area contributed by atoms with Crippen LogP contribution in [0.5, 0.6) is 0 Å². The van der Waals surface area contributed by atoms with Crippen molar-refractivity contribution >= 4 is 20.2 Å². The van der Waals surface area contributed by atoms with Crippen LogP contribution in [0, 0.1) is 0 Å². The van der Waals surface area contributed by atoms with Crippen molar-refractivity contribution in [2.45, 2.75) is 30.2 Å². The van der Waals surface area contributed by atoms with Crippen LogP contribution < -0.4 is 0 Å². The summed E-state index contributed by atoms with van der Waals surface area (Å²) < 4.78 is 0. The summed E-state index contributed by atoms with van der Waals surface area (Å²) in [6, 6.07) is -2.17. The second kappa shape index (κ2) is 19.7. The van der Waals surface area contributed by atoms with Gasteiger partial charge < -0.3 is 52.1 Å². The molecule has 0 unspecified atom stereocenters. The van der Waals surface area contributed by atoms with Gasteiger partial charge in [0.2, 0.25) is 0 Å². The number of nitrogens with zero attached hydrogens (tertiary/aromatic N) is 5. The van der Waals surface area contributed by atoms with Crippen molar-refractivity contribution in [3.63, 3.8) is 0 Å². The third kappa shape index (κ3) is 13.8. The molecule has 0 bridgehead atoms. The van der Waals surface area contributed by atoms with Gasteiger partial charge in [-0.1, -0.05) is 0 Å². The van der Waals surface area contributed by atoms with E-state index in [0.717, 1.165) is 0 Å². The van der Waals surface area contributed by atoms with Crippen LogP contribution in [-0.4, -0.2) is 122 Å². The average molecular weight is 494 g/mol. The first-order valence-corrected chi connectivity index (χ1v) is 12.1. The largest absolute Gasteiger partial charge is 0 e. The van der Waals surface area contributed by atoms with E-state index in [2.05, 4.69) is 26.6 Å². The van der Waals surface area contributed by atoms with Crippen molar-refractivity contribution in [2.75, 3.05) is 65.8 Å². The Kier molecular flexibility index (Phi) is 20.1. The zero-order chi connectivity index (χ0) is 21.2. The molecule has 1 aliphatic heterocycles. The molecular weight excluding hydrogens is 456 g/mol. The molecule has 1 heterocycles. The Balaban J connectivity index is -0.000000328. The van der Waals surface area contributed by atoms with Crippen molar-refractivity contribution < 1.29 is 44.4 Å². The molecule has 0 aromatic carbocycles. The molecule has 1 saturated heterocycles. The van der Waals surface area contributed by atoms with Gasteiger partial charge in [-0.15, -0.1) is 30.2 Å². The number of hydrogen-bond donors (Lipinski definition) is 5. The maximum atomic E-state index is 9.41. The molecule has 179 valence electrons. The van der Waals surface area contributed by atoms with Crippen LogP contribution >= 0.6 is 20.2 Å². The normalized spacial score (nSPS) is 31.2. The molecule has 0 spiro atoms. The summed E-state index contributed by atoms with van der Waals surface area (Å²) in [4.78, 5) is 0. The molecule has 28 heavy (non-hydrogen) atoms. The summed E-state index contributed by atoms with van der Waals surface area (Å²) in [5.41, 5.74) is 0. The molecule has 0 aromatic heterocycles. The summed E-state index contributed by atoms with van der Waals surface area (Å²) >= 11 is 0.00694. The van der Waals surface area contributed by atoms with Gasteiger partial charge in [0.25, 0.3) is 0 Å². The van der Waals surface area contributed by atoms with E-state index < -0.39 is 30.2 Å². The molecule has 1 aliphatic rings. The van der Waals surface area contributed by atoms with E-state index in [1.807, 2.05) is 0 Å².